The number of halogens is 1. The molecule has 6 heteroatoms. The number of benzene rings is 2. The van der Waals surface area contributed by atoms with Crippen molar-refractivity contribution in [1.82, 2.24) is 4.98 Å². The quantitative estimate of drug-likeness (QED) is 0.661. The lowest BCUT2D eigenvalue weighted by Gasteiger charge is -2.04. The zero-order valence-electron chi connectivity index (χ0n) is 13.0. The summed E-state index contributed by atoms with van der Waals surface area (Å²) < 4.78 is 4.69. The standard InChI is InChI=1S/C18H15ClN2O2S/c1-23-17(22)14-4-2-12(3-5-14)10-20-18-21-16(11-24-18)13-6-8-15(19)9-7-13/h2-9,11H,10H2,1H3,(H,20,21). The summed E-state index contributed by atoms with van der Waals surface area (Å²) in [5.74, 6) is -0.331. The molecule has 24 heavy (non-hydrogen) atoms. The molecule has 0 radical (unpaired) electrons. The number of anilines is 1. The van der Waals surface area contributed by atoms with E-state index in [2.05, 4.69) is 15.0 Å². The summed E-state index contributed by atoms with van der Waals surface area (Å²) in [7, 11) is 1.37. The molecule has 0 atom stereocenters. The highest BCUT2D eigenvalue weighted by Gasteiger charge is 2.06. The summed E-state index contributed by atoms with van der Waals surface area (Å²) in [6.07, 6.45) is 0. The zero-order chi connectivity index (χ0) is 16.9. The van der Waals surface area contributed by atoms with Gasteiger partial charge >= 0.3 is 5.97 Å². The number of aromatic nitrogens is 1. The van der Waals surface area contributed by atoms with E-state index in [1.807, 2.05) is 41.8 Å². The Morgan fingerprint density at radius 3 is 2.54 bits per heavy atom. The Morgan fingerprint density at radius 2 is 1.88 bits per heavy atom. The average Bonchev–Trinajstić information content (AvgIpc) is 3.09. The molecule has 0 amide bonds. The second kappa shape index (κ2) is 7.47. The first-order valence-electron chi connectivity index (χ1n) is 7.28. The summed E-state index contributed by atoms with van der Waals surface area (Å²) in [5, 5.41) is 6.85. The van der Waals surface area contributed by atoms with Crippen LogP contribution in [-0.4, -0.2) is 18.1 Å². The number of esters is 1. The van der Waals surface area contributed by atoms with Crippen LogP contribution in [0.1, 0.15) is 15.9 Å². The Morgan fingerprint density at radius 1 is 1.17 bits per heavy atom. The van der Waals surface area contributed by atoms with Crippen LogP contribution in [0.25, 0.3) is 11.3 Å². The average molecular weight is 359 g/mol. The number of carbonyl (C=O) groups excluding carboxylic acids is 1. The fourth-order valence-electron chi connectivity index (χ4n) is 2.16. The Labute approximate surface area is 149 Å². The maximum atomic E-state index is 11.4. The van der Waals surface area contributed by atoms with Gasteiger partial charge in [-0.15, -0.1) is 11.3 Å². The van der Waals surface area contributed by atoms with Gasteiger partial charge in [-0.2, -0.15) is 0 Å². The van der Waals surface area contributed by atoms with Crippen molar-refractivity contribution >= 4 is 34.0 Å². The van der Waals surface area contributed by atoms with Gasteiger partial charge in [-0.1, -0.05) is 35.9 Å². The molecular weight excluding hydrogens is 344 g/mol. The van der Waals surface area contributed by atoms with Crippen molar-refractivity contribution in [3.8, 4) is 11.3 Å². The van der Waals surface area contributed by atoms with Gasteiger partial charge < -0.3 is 10.1 Å². The maximum absolute atomic E-state index is 11.4. The fraction of sp³-hybridized carbons (Fsp3) is 0.111. The van der Waals surface area contributed by atoms with Gasteiger partial charge in [0.2, 0.25) is 0 Å². The fourth-order valence-corrected chi connectivity index (χ4v) is 3.01. The number of carbonyl (C=O) groups is 1. The van der Waals surface area contributed by atoms with Gasteiger partial charge in [0.05, 0.1) is 18.4 Å². The van der Waals surface area contributed by atoms with Crippen LogP contribution in [0.3, 0.4) is 0 Å². The van der Waals surface area contributed by atoms with Gasteiger partial charge in [-0.05, 0) is 29.8 Å². The molecule has 0 saturated heterocycles. The van der Waals surface area contributed by atoms with Crippen molar-refractivity contribution in [2.75, 3.05) is 12.4 Å². The molecule has 0 bridgehead atoms. The van der Waals surface area contributed by atoms with Crippen LogP contribution in [0.4, 0.5) is 5.13 Å². The van der Waals surface area contributed by atoms with Crippen molar-refractivity contribution in [1.29, 1.82) is 0 Å². The second-order valence-corrected chi connectivity index (χ2v) is 6.38. The smallest absolute Gasteiger partial charge is 0.337 e. The molecule has 4 nitrogen and oxygen atoms in total. The highest BCUT2D eigenvalue weighted by Crippen LogP contribution is 2.26. The topological polar surface area (TPSA) is 51.2 Å². The molecule has 0 fully saturated rings. The minimum absolute atomic E-state index is 0.331. The second-order valence-electron chi connectivity index (χ2n) is 5.09. The van der Waals surface area contributed by atoms with Crippen molar-refractivity contribution in [2.24, 2.45) is 0 Å². The molecule has 0 spiro atoms. The van der Waals surface area contributed by atoms with Crippen molar-refractivity contribution in [3.05, 3.63) is 70.1 Å². The van der Waals surface area contributed by atoms with Crippen LogP contribution >= 0.6 is 22.9 Å². The molecule has 0 unspecified atom stereocenters. The van der Waals surface area contributed by atoms with E-state index in [1.165, 1.54) is 7.11 Å². The molecule has 2 aromatic carbocycles. The van der Waals surface area contributed by atoms with Crippen LogP contribution in [-0.2, 0) is 11.3 Å². The number of hydrogen-bond acceptors (Lipinski definition) is 5. The Balaban J connectivity index is 1.63. The predicted molar refractivity (Wildman–Crippen MR) is 97.7 cm³/mol. The highest BCUT2D eigenvalue weighted by molar-refractivity contribution is 7.14. The lowest BCUT2D eigenvalue weighted by Crippen LogP contribution is -2.03. The van der Waals surface area contributed by atoms with Crippen LogP contribution < -0.4 is 5.32 Å². The van der Waals surface area contributed by atoms with E-state index in [1.54, 1.807) is 23.5 Å². The molecule has 122 valence electrons. The Kier molecular flexibility index (Phi) is 5.13. The Hall–Kier alpha value is -2.37. The molecule has 0 aliphatic heterocycles. The third kappa shape index (κ3) is 3.93. The first-order chi connectivity index (χ1) is 11.7. The number of ether oxygens (including phenoxy) is 1. The summed E-state index contributed by atoms with van der Waals surface area (Å²) in [4.78, 5) is 16.0. The SMILES string of the molecule is COC(=O)c1ccc(CNc2nc(-c3ccc(Cl)cc3)cs2)cc1. The molecule has 1 heterocycles. The van der Waals surface area contributed by atoms with E-state index >= 15 is 0 Å². The number of nitrogens with one attached hydrogen (secondary N) is 1. The summed E-state index contributed by atoms with van der Waals surface area (Å²) in [6.45, 7) is 0.634. The number of hydrogen-bond donors (Lipinski definition) is 1. The minimum atomic E-state index is -0.331. The molecule has 1 N–H and O–H groups in total. The van der Waals surface area contributed by atoms with E-state index in [9.17, 15) is 4.79 Å². The van der Waals surface area contributed by atoms with Crippen molar-refractivity contribution in [2.45, 2.75) is 6.54 Å². The van der Waals surface area contributed by atoms with Crippen LogP contribution in [0, 0.1) is 0 Å². The van der Waals surface area contributed by atoms with E-state index in [4.69, 9.17) is 11.6 Å². The number of nitrogens with zero attached hydrogens (tertiary/aromatic N) is 1. The van der Waals surface area contributed by atoms with E-state index < -0.39 is 0 Å². The first kappa shape index (κ1) is 16.5. The Bertz CT molecular complexity index is 829. The lowest BCUT2D eigenvalue weighted by molar-refractivity contribution is 0.0600. The first-order valence-corrected chi connectivity index (χ1v) is 8.54. The summed E-state index contributed by atoms with van der Waals surface area (Å²) >= 11 is 7.45. The molecule has 0 saturated carbocycles. The number of rotatable bonds is 5. The van der Waals surface area contributed by atoms with Gasteiger partial charge in [0.15, 0.2) is 5.13 Å². The largest absolute Gasteiger partial charge is 0.465 e. The highest BCUT2D eigenvalue weighted by atomic mass is 35.5. The molecule has 0 aliphatic rings. The van der Waals surface area contributed by atoms with Gasteiger partial charge in [0, 0.05) is 22.5 Å². The van der Waals surface area contributed by atoms with Gasteiger partial charge in [0.1, 0.15) is 0 Å². The van der Waals surface area contributed by atoms with E-state index in [0.717, 1.165) is 22.0 Å². The number of thiazole rings is 1. The summed E-state index contributed by atoms with van der Waals surface area (Å²) in [6, 6.07) is 14.9. The molecule has 3 aromatic rings. The van der Waals surface area contributed by atoms with E-state index in [0.29, 0.717) is 17.1 Å². The lowest BCUT2D eigenvalue weighted by atomic mass is 10.1. The third-order valence-electron chi connectivity index (χ3n) is 3.46. The normalized spacial score (nSPS) is 10.4. The van der Waals surface area contributed by atoms with Crippen LogP contribution in [0.5, 0.6) is 0 Å². The van der Waals surface area contributed by atoms with Crippen molar-refractivity contribution < 1.29 is 9.53 Å². The molecule has 1 aromatic heterocycles. The third-order valence-corrected chi connectivity index (χ3v) is 4.51. The number of methoxy groups -OCH3 is 1. The van der Waals surface area contributed by atoms with E-state index in [-0.39, 0.29) is 5.97 Å². The zero-order valence-corrected chi connectivity index (χ0v) is 14.5. The van der Waals surface area contributed by atoms with Gasteiger partial charge in [-0.3, -0.25) is 0 Å². The van der Waals surface area contributed by atoms with Crippen molar-refractivity contribution in [3.63, 3.8) is 0 Å². The van der Waals surface area contributed by atoms with Gasteiger partial charge in [0.25, 0.3) is 0 Å². The van der Waals surface area contributed by atoms with Crippen LogP contribution in [0.2, 0.25) is 5.02 Å². The van der Waals surface area contributed by atoms with Crippen LogP contribution in [0.15, 0.2) is 53.9 Å². The monoisotopic (exact) mass is 358 g/mol. The van der Waals surface area contributed by atoms with Gasteiger partial charge in [-0.25, -0.2) is 9.78 Å². The molecule has 0 aliphatic carbocycles. The minimum Gasteiger partial charge on any atom is -0.465 e. The molecule has 3 rings (SSSR count). The summed E-state index contributed by atoms with van der Waals surface area (Å²) in [5.41, 5.74) is 3.55. The molecular formula is C18H15ClN2O2S. The predicted octanol–water partition coefficient (Wildman–Crippen LogP) is 4.86. The maximum Gasteiger partial charge on any atom is 0.337 e.